The van der Waals surface area contributed by atoms with E-state index in [9.17, 15) is 0 Å². The molecule has 7 heteroatoms. The summed E-state index contributed by atoms with van der Waals surface area (Å²) in [6.07, 6.45) is 2.07. The minimum absolute atomic E-state index is 0.612. The number of hydrogen-bond acceptors (Lipinski definition) is 6. The average Bonchev–Trinajstić information content (AvgIpc) is 3.02. The van der Waals surface area contributed by atoms with Gasteiger partial charge in [-0.3, -0.25) is 0 Å². The van der Waals surface area contributed by atoms with Crippen LogP contribution in [0.1, 0.15) is 18.7 Å². The molecule has 0 aliphatic carbocycles. The average molecular weight is 382 g/mol. The largest absolute Gasteiger partial charge is 0.490 e. The minimum Gasteiger partial charge on any atom is -0.490 e. The second kappa shape index (κ2) is 7.17. The number of rotatable bonds is 5. The van der Waals surface area contributed by atoms with Gasteiger partial charge in [0.2, 0.25) is 0 Å². The first-order valence-electron chi connectivity index (χ1n) is 7.18. The lowest BCUT2D eigenvalue weighted by Gasteiger charge is -2.10. The molecule has 1 aromatic heterocycles. The van der Waals surface area contributed by atoms with Crippen LogP contribution in [0.25, 0.3) is 16.2 Å². The number of hydrogen-bond donors (Lipinski definition) is 1. The Morgan fingerprint density at radius 3 is 2.39 bits per heavy atom. The predicted octanol–water partition coefficient (Wildman–Crippen LogP) is 4.99. The van der Waals surface area contributed by atoms with Gasteiger partial charge in [-0.25, -0.2) is 0 Å². The van der Waals surface area contributed by atoms with Crippen LogP contribution in [0.2, 0.25) is 0 Å². The standard InChI is InChI=1S/C16H15NO2S4/c1-3-18-11-6-9-5-10(7-14-15(20)17-16(21)23-14)22-13(9)8-12(11)19-4-2/h5-8H,3-4H2,1-2H3,(H,17,20,21). The Morgan fingerprint density at radius 2 is 1.78 bits per heavy atom. The molecule has 120 valence electrons. The molecule has 1 fully saturated rings. The minimum atomic E-state index is 0.612. The summed E-state index contributed by atoms with van der Waals surface area (Å²) in [6, 6.07) is 6.21. The van der Waals surface area contributed by atoms with Crippen molar-refractivity contribution in [2.45, 2.75) is 13.8 Å². The van der Waals surface area contributed by atoms with Crippen molar-refractivity contribution in [3.05, 3.63) is 28.0 Å². The van der Waals surface area contributed by atoms with E-state index < -0.39 is 0 Å². The highest BCUT2D eigenvalue weighted by molar-refractivity contribution is 8.27. The molecular formula is C16H15NO2S4. The second-order valence-corrected chi connectivity index (χ2v) is 7.95. The molecule has 3 nitrogen and oxygen atoms in total. The molecule has 0 atom stereocenters. The van der Waals surface area contributed by atoms with Crippen LogP contribution in [-0.2, 0) is 0 Å². The number of thiocarbonyl (C=S) groups is 2. The second-order valence-electron chi connectivity index (χ2n) is 4.70. The molecule has 0 unspecified atom stereocenters. The van der Waals surface area contributed by atoms with Crippen molar-refractivity contribution in [1.29, 1.82) is 0 Å². The summed E-state index contributed by atoms with van der Waals surface area (Å²) in [4.78, 5) is 2.82. The fourth-order valence-electron chi connectivity index (χ4n) is 2.23. The first kappa shape index (κ1) is 16.7. The van der Waals surface area contributed by atoms with E-state index in [1.807, 2.05) is 26.0 Å². The molecule has 1 saturated heterocycles. The molecule has 3 rings (SSSR count). The lowest BCUT2D eigenvalue weighted by Crippen LogP contribution is -2.15. The number of thiophene rings is 1. The van der Waals surface area contributed by atoms with Crippen molar-refractivity contribution < 1.29 is 9.47 Å². The van der Waals surface area contributed by atoms with E-state index in [0.717, 1.165) is 31.4 Å². The summed E-state index contributed by atoms with van der Waals surface area (Å²) in [5.74, 6) is 1.57. The van der Waals surface area contributed by atoms with Crippen LogP contribution in [0.15, 0.2) is 23.1 Å². The van der Waals surface area contributed by atoms with Gasteiger partial charge in [-0.2, -0.15) is 0 Å². The van der Waals surface area contributed by atoms with Crippen molar-refractivity contribution in [3.63, 3.8) is 0 Å². The Kier molecular flexibility index (Phi) is 5.21. The van der Waals surface area contributed by atoms with E-state index in [1.165, 1.54) is 11.8 Å². The summed E-state index contributed by atoms with van der Waals surface area (Å²) in [7, 11) is 0. The van der Waals surface area contributed by atoms with Gasteiger partial charge >= 0.3 is 0 Å². The quantitative estimate of drug-likeness (QED) is 0.580. The van der Waals surface area contributed by atoms with Gasteiger partial charge in [-0.1, -0.05) is 36.2 Å². The third-order valence-corrected chi connectivity index (χ3v) is 5.79. The maximum absolute atomic E-state index is 5.69. The Balaban J connectivity index is 1.99. The normalized spacial score (nSPS) is 16.2. The topological polar surface area (TPSA) is 30.5 Å². The first-order valence-corrected chi connectivity index (χ1v) is 9.63. The Morgan fingerprint density at radius 1 is 1.09 bits per heavy atom. The van der Waals surface area contributed by atoms with Crippen LogP contribution in [0.3, 0.4) is 0 Å². The molecular weight excluding hydrogens is 366 g/mol. The Labute approximate surface area is 154 Å². The molecule has 2 aromatic rings. The lowest BCUT2D eigenvalue weighted by molar-refractivity contribution is 0.288. The first-order chi connectivity index (χ1) is 11.1. The van der Waals surface area contributed by atoms with Crippen molar-refractivity contribution in [1.82, 2.24) is 5.32 Å². The SMILES string of the molecule is CCOc1cc2cc(C=C3SC(=S)NC3=S)sc2cc1OCC. The molecule has 0 saturated carbocycles. The van der Waals surface area contributed by atoms with E-state index in [2.05, 4.69) is 17.5 Å². The van der Waals surface area contributed by atoms with Gasteiger partial charge in [0.05, 0.1) is 18.1 Å². The van der Waals surface area contributed by atoms with Gasteiger partial charge in [0.25, 0.3) is 0 Å². The smallest absolute Gasteiger partial charge is 0.162 e. The Bertz CT molecular complexity index is 767. The fraction of sp³-hybridized carbons (Fsp3) is 0.250. The van der Waals surface area contributed by atoms with E-state index >= 15 is 0 Å². The van der Waals surface area contributed by atoms with Gasteiger partial charge in [-0.15, -0.1) is 11.3 Å². The number of fused-ring (bicyclic) bond motifs is 1. The third-order valence-electron chi connectivity index (χ3n) is 3.12. The van der Waals surface area contributed by atoms with E-state index in [0.29, 0.717) is 22.5 Å². The van der Waals surface area contributed by atoms with Crippen LogP contribution >= 0.6 is 47.5 Å². The molecule has 0 bridgehead atoms. The van der Waals surface area contributed by atoms with Crippen molar-refractivity contribution in [2.24, 2.45) is 0 Å². The van der Waals surface area contributed by atoms with Crippen LogP contribution in [-0.4, -0.2) is 22.5 Å². The van der Waals surface area contributed by atoms with Gasteiger partial charge in [0.1, 0.15) is 9.31 Å². The van der Waals surface area contributed by atoms with Crippen molar-refractivity contribution in [3.8, 4) is 11.5 Å². The van der Waals surface area contributed by atoms with Crippen molar-refractivity contribution in [2.75, 3.05) is 13.2 Å². The maximum Gasteiger partial charge on any atom is 0.162 e. The summed E-state index contributed by atoms with van der Waals surface area (Å²) in [5, 5.41) is 4.13. The maximum atomic E-state index is 5.69. The molecule has 1 aliphatic heterocycles. The molecule has 0 amide bonds. The summed E-state index contributed by atoms with van der Waals surface area (Å²) < 4.78 is 13.2. The van der Waals surface area contributed by atoms with Gasteiger partial charge in [0.15, 0.2) is 11.5 Å². The monoisotopic (exact) mass is 381 g/mol. The molecule has 0 spiro atoms. The highest BCUT2D eigenvalue weighted by atomic mass is 32.2. The Hall–Kier alpha value is -1.15. The van der Waals surface area contributed by atoms with E-state index in [4.69, 9.17) is 33.9 Å². The fourth-order valence-corrected chi connectivity index (χ4v) is 4.79. The highest BCUT2D eigenvalue weighted by Crippen LogP contribution is 2.38. The zero-order valence-corrected chi connectivity index (χ0v) is 15.9. The summed E-state index contributed by atoms with van der Waals surface area (Å²) >= 11 is 13.6. The van der Waals surface area contributed by atoms with E-state index in [-0.39, 0.29) is 0 Å². The molecule has 2 heterocycles. The number of thioether (sulfide) groups is 1. The number of benzene rings is 1. The molecule has 1 N–H and O–H groups in total. The summed E-state index contributed by atoms with van der Waals surface area (Å²) in [5.41, 5.74) is 0. The number of nitrogens with one attached hydrogen (secondary N) is 1. The molecule has 23 heavy (non-hydrogen) atoms. The van der Waals surface area contributed by atoms with Crippen LogP contribution < -0.4 is 14.8 Å². The van der Waals surface area contributed by atoms with Gasteiger partial charge in [-0.05, 0) is 37.4 Å². The molecule has 1 aromatic carbocycles. The van der Waals surface area contributed by atoms with Gasteiger partial charge < -0.3 is 14.8 Å². The third kappa shape index (κ3) is 3.68. The predicted molar refractivity (Wildman–Crippen MR) is 108 cm³/mol. The lowest BCUT2D eigenvalue weighted by atomic mass is 10.2. The summed E-state index contributed by atoms with van der Waals surface area (Å²) in [6.45, 7) is 5.17. The van der Waals surface area contributed by atoms with E-state index in [1.54, 1.807) is 11.3 Å². The molecule has 1 aliphatic rings. The zero-order chi connectivity index (χ0) is 16.4. The van der Waals surface area contributed by atoms with Crippen LogP contribution in [0.5, 0.6) is 11.5 Å². The highest BCUT2D eigenvalue weighted by Gasteiger charge is 2.19. The van der Waals surface area contributed by atoms with Crippen molar-refractivity contribution >= 4 is 73.0 Å². The van der Waals surface area contributed by atoms with Crippen LogP contribution in [0, 0.1) is 0 Å². The number of ether oxygens (including phenoxy) is 2. The zero-order valence-electron chi connectivity index (χ0n) is 12.7. The van der Waals surface area contributed by atoms with Gasteiger partial charge in [0, 0.05) is 15.6 Å². The molecule has 0 radical (unpaired) electrons. The van der Waals surface area contributed by atoms with Crippen LogP contribution in [0.4, 0.5) is 0 Å².